The van der Waals surface area contributed by atoms with Crippen LogP contribution in [0.1, 0.15) is 11.7 Å². The average Bonchev–Trinajstić information content (AvgIpc) is 2.74. The van der Waals surface area contributed by atoms with Crippen LogP contribution >= 0.6 is 11.6 Å². The summed E-state index contributed by atoms with van der Waals surface area (Å²) in [4.78, 5) is 12.0. The minimum atomic E-state index is 0.278. The van der Waals surface area contributed by atoms with Crippen LogP contribution in [0.15, 0.2) is 16.8 Å². The van der Waals surface area contributed by atoms with Gasteiger partial charge in [-0.15, -0.1) is 0 Å². The van der Waals surface area contributed by atoms with Gasteiger partial charge >= 0.3 is 0 Å². The van der Waals surface area contributed by atoms with Crippen LogP contribution in [0.25, 0.3) is 0 Å². The Balaban J connectivity index is 2.07. The predicted octanol–water partition coefficient (Wildman–Crippen LogP) is 1.32. The third-order valence-corrected chi connectivity index (χ3v) is 2.23. The molecule has 0 radical (unpaired) electrons. The zero-order valence-electron chi connectivity index (χ0n) is 9.07. The molecule has 0 aromatic carbocycles. The molecule has 2 aromatic heterocycles. The molecule has 4 N–H and O–H groups in total. The van der Waals surface area contributed by atoms with Gasteiger partial charge in [-0.2, -0.15) is 4.98 Å². The molecule has 2 heterocycles. The van der Waals surface area contributed by atoms with Gasteiger partial charge in [-0.1, -0.05) is 11.6 Å². The van der Waals surface area contributed by atoms with Crippen LogP contribution in [0.3, 0.4) is 0 Å². The summed E-state index contributed by atoms with van der Waals surface area (Å²) in [5.41, 5.74) is 2.34. The van der Waals surface area contributed by atoms with E-state index in [-0.39, 0.29) is 5.95 Å². The van der Waals surface area contributed by atoms with E-state index < -0.39 is 0 Å². The lowest BCUT2D eigenvalue weighted by atomic mass is 10.5. The Morgan fingerprint density at radius 1 is 1.41 bits per heavy atom. The first-order valence-electron chi connectivity index (χ1n) is 4.83. The second kappa shape index (κ2) is 4.98. The third-order valence-electron chi connectivity index (χ3n) is 1.95. The molecule has 0 saturated heterocycles. The zero-order chi connectivity index (χ0) is 12.3. The standard InChI is InChI=1S/C9H11ClN6O/c1-5-2-12-7(17-5)4-13-8-6(10)3-14-9(15-8)16-11/h2-3H,4,11H2,1H3,(H2,13,14,15,16). The van der Waals surface area contributed by atoms with Crippen molar-refractivity contribution >= 4 is 23.4 Å². The van der Waals surface area contributed by atoms with Gasteiger partial charge in [0.1, 0.15) is 10.8 Å². The number of hydrogen-bond acceptors (Lipinski definition) is 7. The smallest absolute Gasteiger partial charge is 0.239 e. The van der Waals surface area contributed by atoms with Crippen LogP contribution in [-0.2, 0) is 6.54 Å². The first-order chi connectivity index (χ1) is 8.19. The SMILES string of the molecule is Cc1cnc(CNc2nc(NN)ncc2Cl)o1. The van der Waals surface area contributed by atoms with Gasteiger partial charge in [0.2, 0.25) is 11.8 Å². The van der Waals surface area contributed by atoms with Gasteiger partial charge in [-0.25, -0.2) is 15.8 Å². The number of aromatic nitrogens is 3. The molecular formula is C9H11ClN6O. The summed E-state index contributed by atoms with van der Waals surface area (Å²) in [6, 6.07) is 0. The highest BCUT2D eigenvalue weighted by Gasteiger charge is 2.06. The van der Waals surface area contributed by atoms with E-state index in [1.165, 1.54) is 6.20 Å². The second-order valence-corrected chi connectivity index (χ2v) is 3.66. The number of halogens is 1. The van der Waals surface area contributed by atoms with E-state index in [4.69, 9.17) is 21.9 Å². The lowest BCUT2D eigenvalue weighted by molar-refractivity contribution is 0.479. The summed E-state index contributed by atoms with van der Waals surface area (Å²) in [7, 11) is 0. The van der Waals surface area contributed by atoms with E-state index in [0.717, 1.165) is 5.76 Å². The number of hydrazine groups is 1. The summed E-state index contributed by atoms with van der Waals surface area (Å²) in [6.07, 6.45) is 3.10. The van der Waals surface area contributed by atoms with Crippen LogP contribution in [0.2, 0.25) is 5.02 Å². The summed E-state index contributed by atoms with van der Waals surface area (Å²) >= 11 is 5.92. The number of oxazole rings is 1. The highest BCUT2D eigenvalue weighted by molar-refractivity contribution is 6.32. The van der Waals surface area contributed by atoms with Crippen LogP contribution < -0.4 is 16.6 Å². The summed E-state index contributed by atoms with van der Waals surface area (Å²) in [6.45, 7) is 2.21. The molecule has 0 saturated carbocycles. The van der Waals surface area contributed by atoms with Crippen molar-refractivity contribution in [2.24, 2.45) is 5.84 Å². The molecule has 2 rings (SSSR count). The molecule has 0 amide bonds. The Bertz CT molecular complexity index is 514. The second-order valence-electron chi connectivity index (χ2n) is 3.25. The van der Waals surface area contributed by atoms with Crippen molar-refractivity contribution in [3.63, 3.8) is 0 Å². The number of rotatable bonds is 4. The van der Waals surface area contributed by atoms with Gasteiger partial charge < -0.3 is 9.73 Å². The molecule has 8 heteroatoms. The Hall–Kier alpha value is -1.86. The maximum atomic E-state index is 5.92. The molecule has 0 unspecified atom stereocenters. The van der Waals surface area contributed by atoms with E-state index in [0.29, 0.717) is 23.3 Å². The average molecular weight is 255 g/mol. The van der Waals surface area contributed by atoms with Gasteiger partial charge in [0.15, 0.2) is 5.82 Å². The monoisotopic (exact) mass is 254 g/mol. The normalized spacial score (nSPS) is 10.3. The molecule has 7 nitrogen and oxygen atoms in total. The molecule has 0 aliphatic heterocycles. The van der Waals surface area contributed by atoms with Crippen LogP contribution in [0.4, 0.5) is 11.8 Å². The molecule has 0 bridgehead atoms. The summed E-state index contributed by atoms with van der Waals surface area (Å²) < 4.78 is 5.30. The molecule has 0 aliphatic rings. The van der Waals surface area contributed by atoms with E-state index >= 15 is 0 Å². The molecular weight excluding hydrogens is 244 g/mol. The summed E-state index contributed by atoms with van der Waals surface area (Å²) in [5.74, 6) is 7.25. The zero-order valence-corrected chi connectivity index (χ0v) is 9.82. The quantitative estimate of drug-likeness (QED) is 0.559. The number of nitrogens with zero attached hydrogens (tertiary/aromatic N) is 3. The molecule has 0 atom stereocenters. The number of hydrogen-bond donors (Lipinski definition) is 3. The Kier molecular flexibility index (Phi) is 3.40. The van der Waals surface area contributed by atoms with Crippen molar-refractivity contribution < 1.29 is 4.42 Å². The Morgan fingerprint density at radius 2 is 2.24 bits per heavy atom. The van der Waals surface area contributed by atoms with Crippen molar-refractivity contribution in [1.29, 1.82) is 0 Å². The number of anilines is 2. The first kappa shape index (κ1) is 11.6. The Morgan fingerprint density at radius 3 is 2.88 bits per heavy atom. The van der Waals surface area contributed by atoms with Gasteiger partial charge in [0.05, 0.1) is 18.9 Å². The number of nitrogen functional groups attached to an aromatic ring is 1. The van der Waals surface area contributed by atoms with Crippen molar-refractivity contribution in [3.05, 3.63) is 29.1 Å². The first-order valence-corrected chi connectivity index (χ1v) is 5.21. The van der Waals surface area contributed by atoms with Crippen molar-refractivity contribution in [3.8, 4) is 0 Å². The number of aryl methyl sites for hydroxylation is 1. The van der Waals surface area contributed by atoms with E-state index in [1.54, 1.807) is 6.20 Å². The van der Waals surface area contributed by atoms with Crippen molar-refractivity contribution in [1.82, 2.24) is 15.0 Å². The number of nitrogens with two attached hydrogens (primary N) is 1. The third kappa shape index (κ3) is 2.83. The molecule has 0 aliphatic carbocycles. The van der Waals surface area contributed by atoms with Gasteiger partial charge in [0, 0.05) is 0 Å². The fraction of sp³-hybridized carbons (Fsp3) is 0.222. The molecule has 90 valence electrons. The molecule has 2 aromatic rings. The van der Waals surface area contributed by atoms with E-state index in [1.807, 2.05) is 6.92 Å². The summed E-state index contributed by atoms with van der Waals surface area (Å²) in [5, 5.41) is 3.38. The molecule has 0 spiro atoms. The maximum absolute atomic E-state index is 5.92. The van der Waals surface area contributed by atoms with Crippen molar-refractivity contribution in [2.75, 3.05) is 10.7 Å². The number of nitrogens with one attached hydrogen (secondary N) is 2. The largest absolute Gasteiger partial charge is 0.444 e. The minimum absolute atomic E-state index is 0.278. The fourth-order valence-electron chi connectivity index (χ4n) is 1.20. The predicted molar refractivity (Wildman–Crippen MR) is 63.4 cm³/mol. The lowest BCUT2D eigenvalue weighted by Crippen LogP contribution is -2.12. The molecule has 17 heavy (non-hydrogen) atoms. The topological polar surface area (TPSA) is 102 Å². The van der Waals surface area contributed by atoms with Gasteiger partial charge in [0.25, 0.3) is 0 Å². The van der Waals surface area contributed by atoms with E-state index in [9.17, 15) is 0 Å². The maximum Gasteiger partial charge on any atom is 0.239 e. The van der Waals surface area contributed by atoms with Gasteiger partial charge in [-0.05, 0) is 6.92 Å². The van der Waals surface area contributed by atoms with Crippen molar-refractivity contribution in [2.45, 2.75) is 13.5 Å². The van der Waals surface area contributed by atoms with Crippen LogP contribution in [0.5, 0.6) is 0 Å². The highest BCUT2D eigenvalue weighted by atomic mass is 35.5. The molecule has 0 fully saturated rings. The highest BCUT2D eigenvalue weighted by Crippen LogP contribution is 2.19. The lowest BCUT2D eigenvalue weighted by Gasteiger charge is -2.06. The Labute approximate surface area is 102 Å². The minimum Gasteiger partial charge on any atom is -0.444 e. The van der Waals surface area contributed by atoms with Gasteiger partial charge in [-0.3, -0.25) is 5.43 Å². The van der Waals surface area contributed by atoms with E-state index in [2.05, 4.69) is 25.7 Å². The van der Waals surface area contributed by atoms with Crippen LogP contribution in [-0.4, -0.2) is 15.0 Å². The van der Waals surface area contributed by atoms with Crippen LogP contribution in [0, 0.1) is 6.92 Å². The fourth-order valence-corrected chi connectivity index (χ4v) is 1.36.